The van der Waals surface area contributed by atoms with Gasteiger partial charge in [-0.2, -0.15) is 5.10 Å². The molecule has 0 saturated carbocycles. The number of aromatic nitrogens is 2. The van der Waals surface area contributed by atoms with Gasteiger partial charge in [0.05, 0.1) is 12.2 Å². The smallest absolute Gasteiger partial charge is 0.267 e. The predicted octanol–water partition coefficient (Wildman–Crippen LogP) is 2.50. The maximum atomic E-state index is 12.9. The van der Waals surface area contributed by atoms with Crippen LogP contribution in [0.5, 0.6) is 0 Å². The van der Waals surface area contributed by atoms with Crippen LogP contribution in [0, 0.1) is 12.7 Å². The number of nitrogens with zero attached hydrogens (tertiary/aromatic N) is 2. The number of rotatable bonds is 2. The first-order valence-corrected chi connectivity index (χ1v) is 5.84. The first-order chi connectivity index (χ1) is 8.06. The third-order valence-corrected chi connectivity index (χ3v) is 3.07. The van der Waals surface area contributed by atoms with Crippen LogP contribution in [0.1, 0.15) is 11.3 Å². The topological polar surface area (TPSA) is 34.9 Å². The Hall–Kier alpha value is -1.49. The van der Waals surface area contributed by atoms with E-state index in [1.54, 1.807) is 12.1 Å². The van der Waals surface area contributed by atoms with Crippen molar-refractivity contribution in [3.05, 3.63) is 62.2 Å². The van der Waals surface area contributed by atoms with Crippen molar-refractivity contribution in [2.45, 2.75) is 13.5 Å². The molecule has 5 heteroatoms. The van der Waals surface area contributed by atoms with E-state index in [2.05, 4.69) is 21.0 Å². The fraction of sp³-hybridized carbons (Fsp3) is 0.167. The minimum atomic E-state index is -0.315. The van der Waals surface area contributed by atoms with Crippen LogP contribution in [-0.4, -0.2) is 9.78 Å². The van der Waals surface area contributed by atoms with Crippen LogP contribution in [0.2, 0.25) is 0 Å². The van der Waals surface area contributed by atoms with Crippen molar-refractivity contribution in [1.82, 2.24) is 9.78 Å². The molecule has 17 heavy (non-hydrogen) atoms. The molecule has 1 heterocycles. The first-order valence-electron chi connectivity index (χ1n) is 5.05. The highest BCUT2D eigenvalue weighted by Crippen LogP contribution is 2.18. The molecular weight excluding hydrogens is 287 g/mol. The van der Waals surface area contributed by atoms with Gasteiger partial charge in [0, 0.05) is 10.5 Å². The zero-order chi connectivity index (χ0) is 12.4. The lowest BCUT2D eigenvalue weighted by Gasteiger charge is -2.07. The minimum Gasteiger partial charge on any atom is -0.268 e. The third-order valence-electron chi connectivity index (χ3n) is 2.34. The molecule has 0 aliphatic rings. The van der Waals surface area contributed by atoms with E-state index < -0.39 is 0 Å². The van der Waals surface area contributed by atoms with Gasteiger partial charge in [0.2, 0.25) is 0 Å². The Labute approximate surface area is 106 Å². The fourth-order valence-electron chi connectivity index (χ4n) is 1.48. The highest BCUT2D eigenvalue weighted by molar-refractivity contribution is 9.10. The summed E-state index contributed by atoms with van der Waals surface area (Å²) < 4.78 is 14.9. The van der Waals surface area contributed by atoms with E-state index in [-0.39, 0.29) is 11.4 Å². The summed E-state index contributed by atoms with van der Waals surface area (Å²) in [5, 5.41) is 4.12. The maximum Gasteiger partial charge on any atom is 0.267 e. The highest BCUT2D eigenvalue weighted by atomic mass is 79.9. The van der Waals surface area contributed by atoms with E-state index in [1.807, 2.05) is 6.92 Å². The van der Waals surface area contributed by atoms with Crippen LogP contribution in [0.15, 0.2) is 39.6 Å². The molecule has 0 N–H and O–H groups in total. The summed E-state index contributed by atoms with van der Waals surface area (Å²) in [6, 6.07) is 7.51. The van der Waals surface area contributed by atoms with Gasteiger partial charge >= 0.3 is 0 Å². The lowest BCUT2D eigenvalue weighted by molar-refractivity contribution is 0.613. The van der Waals surface area contributed by atoms with Crippen LogP contribution < -0.4 is 5.56 Å². The molecule has 1 aromatic carbocycles. The summed E-state index contributed by atoms with van der Waals surface area (Å²) in [5.74, 6) is -0.315. The summed E-state index contributed by atoms with van der Waals surface area (Å²) >= 11 is 3.26. The van der Waals surface area contributed by atoms with Crippen molar-refractivity contribution >= 4 is 15.9 Å². The molecule has 0 saturated heterocycles. The van der Waals surface area contributed by atoms with Crippen LogP contribution in [0.3, 0.4) is 0 Å². The molecule has 0 aliphatic heterocycles. The molecule has 0 spiro atoms. The standard InChI is InChI=1S/C12H10BrFN2O/c1-8-2-5-12(17)16(15-8)7-9-3-4-10(14)6-11(9)13/h2-6H,7H2,1H3. The Morgan fingerprint density at radius 1 is 1.35 bits per heavy atom. The molecule has 2 rings (SSSR count). The van der Waals surface area contributed by atoms with Crippen LogP contribution in [0.25, 0.3) is 0 Å². The minimum absolute atomic E-state index is 0.174. The fourth-order valence-corrected chi connectivity index (χ4v) is 1.95. The van der Waals surface area contributed by atoms with Crippen LogP contribution in [-0.2, 0) is 6.54 Å². The van der Waals surface area contributed by atoms with E-state index >= 15 is 0 Å². The molecule has 3 nitrogen and oxygen atoms in total. The summed E-state index contributed by atoms with van der Waals surface area (Å²) in [5.41, 5.74) is 1.40. The molecule has 0 atom stereocenters. The molecule has 0 unspecified atom stereocenters. The SMILES string of the molecule is Cc1ccc(=O)n(Cc2ccc(F)cc2Br)n1. The zero-order valence-electron chi connectivity index (χ0n) is 9.15. The Morgan fingerprint density at radius 3 is 2.82 bits per heavy atom. The monoisotopic (exact) mass is 296 g/mol. The van der Waals surface area contributed by atoms with Crippen LogP contribution >= 0.6 is 15.9 Å². The quantitative estimate of drug-likeness (QED) is 0.853. The van der Waals surface area contributed by atoms with Crippen molar-refractivity contribution in [1.29, 1.82) is 0 Å². The van der Waals surface area contributed by atoms with Crippen LogP contribution in [0.4, 0.5) is 4.39 Å². The Bertz CT molecular complexity index is 610. The van der Waals surface area contributed by atoms with E-state index in [1.165, 1.54) is 22.9 Å². The second-order valence-electron chi connectivity index (χ2n) is 3.71. The van der Waals surface area contributed by atoms with Crippen molar-refractivity contribution in [2.24, 2.45) is 0 Å². The number of hydrogen-bond acceptors (Lipinski definition) is 2. The summed E-state index contributed by atoms with van der Waals surface area (Å²) in [6.07, 6.45) is 0. The molecular formula is C12H10BrFN2O. The number of aryl methyl sites for hydroxylation is 1. The third kappa shape index (κ3) is 2.79. The van der Waals surface area contributed by atoms with Gasteiger partial charge in [-0.3, -0.25) is 4.79 Å². The van der Waals surface area contributed by atoms with E-state index in [4.69, 9.17) is 0 Å². The van der Waals surface area contributed by atoms with E-state index in [0.29, 0.717) is 11.0 Å². The second-order valence-corrected chi connectivity index (χ2v) is 4.56. The van der Waals surface area contributed by atoms with E-state index in [0.717, 1.165) is 11.3 Å². The number of hydrogen-bond donors (Lipinski definition) is 0. The Balaban J connectivity index is 2.38. The Morgan fingerprint density at radius 2 is 2.12 bits per heavy atom. The molecule has 0 fully saturated rings. The van der Waals surface area contributed by atoms with Gasteiger partial charge < -0.3 is 0 Å². The average Bonchev–Trinajstić information content (AvgIpc) is 2.27. The maximum absolute atomic E-state index is 12.9. The lowest BCUT2D eigenvalue weighted by Crippen LogP contribution is -2.23. The van der Waals surface area contributed by atoms with Crippen molar-refractivity contribution in [3.8, 4) is 0 Å². The predicted molar refractivity (Wildman–Crippen MR) is 66.4 cm³/mol. The summed E-state index contributed by atoms with van der Waals surface area (Å²) in [6.45, 7) is 2.14. The molecule has 0 aliphatic carbocycles. The Kier molecular flexibility index (Phi) is 3.38. The van der Waals surface area contributed by atoms with Gasteiger partial charge in [0.1, 0.15) is 5.82 Å². The van der Waals surface area contributed by atoms with Crippen molar-refractivity contribution in [2.75, 3.05) is 0 Å². The summed E-state index contributed by atoms with van der Waals surface area (Å²) in [4.78, 5) is 11.6. The van der Waals surface area contributed by atoms with Gasteiger partial charge in [-0.1, -0.05) is 22.0 Å². The van der Waals surface area contributed by atoms with Gasteiger partial charge in [-0.05, 0) is 30.7 Å². The van der Waals surface area contributed by atoms with Gasteiger partial charge in [-0.25, -0.2) is 9.07 Å². The van der Waals surface area contributed by atoms with Crippen molar-refractivity contribution < 1.29 is 4.39 Å². The largest absolute Gasteiger partial charge is 0.268 e. The molecule has 2 aromatic rings. The first kappa shape index (κ1) is 12.0. The van der Waals surface area contributed by atoms with Crippen molar-refractivity contribution in [3.63, 3.8) is 0 Å². The van der Waals surface area contributed by atoms with Gasteiger partial charge in [0.25, 0.3) is 5.56 Å². The molecule has 0 bridgehead atoms. The van der Waals surface area contributed by atoms with Gasteiger partial charge in [0.15, 0.2) is 0 Å². The summed E-state index contributed by atoms with van der Waals surface area (Å²) in [7, 11) is 0. The molecule has 1 aromatic heterocycles. The molecule has 0 amide bonds. The van der Waals surface area contributed by atoms with Gasteiger partial charge in [-0.15, -0.1) is 0 Å². The normalized spacial score (nSPS) is 10.5. The highest BCUT2D eigenvalue weighted by Gasteiger charge is 2.04. The number of halogens is 2. The molecule has 88 valence electrons. The lowest BCUT2D eigenvalue weighted by atomic mass is 10.2. The second kappa shape index (κ2) is 4.79. The van der Waals surface area contributed by atoms with E-state index in [9.17, 15) is 9.18 Å². The number of benzene rings is 1. The molecule has 0 radical (unpaired) electrons. The average molecular weight is 297 g/mol. The zero-order valence-corrected chi connectivity index (χ0v) is 10.7.